The molecule has 1 N–H and O–H groups in total. The van der Waals surface area contributed by atoms with Crippen LogP contribution in [0.2, 0.25) is 0 Å². The van der Waals surface area contributed by atoms with Crippen molar-refractivity contribution in [2.24, 2.45) is 5.10 Å². The number of aryl methyl sites for hydroxylation is 1. The molecule has 0 spiro atoms. The van der Waals surface area contributed by atoms with Crippen molar-refractivity contribution in [2.75, 3.05) is 7.11 Å². The number of benzene rings is 3. The lowest BCUT2D eigenvalue weighted by Crippen LogP contribution is -2.18. The van der Waals surface area contributed by atoms with Gasteiger partial charge in [0, 0.05) is 4.47 Å². The van der Waals surface area contributed by atoms with Gasteiger partial charge in [-0.05, 0) is 67.1 Å². The van der Waals surface area contributed by atoms with E-state index in [1.54, 1.807) is 42.5 Å². The maximum atomic E-state index is 12.3. The third-order valence-electron chi connectivity index (χ3n) is 4.18. The normalized spacial score (nSPS) is 11.3. The summed E-state index contributed by atoms with van der Waals surface area (Å²) in [6.07, 6.45) is 1.43. The number of hydrazone groups is 1. The molecule has 0 aliphatic heterocycles. The monoisotopic (exact) mass is 502 g/mol. The van der Waals surface area contributed by atoms with E-state index in [0.717, 1.165) is 10.0 Å². The summed E-state index contributed by atoms with van der Waals surface area (Å²) in [4.78, 5) is 12.4. The van der Waals surface area contributed by atoms with Gasteiger partial charge < -0.3 is 8.92 Å². The SMILES string of the molecule is COc1ccc(Br)cc1C(=O)N/N=C\c1ccc(OS(=O)(=O)c2ccc(C)cc2)cc1. The Morgan fingerprint density at radius 3 is 2.35 bits per heavy atom. The number of nitrogens with one attached hydrogen (secondary N) is 1. The smallest absolute Gasteiger partial charge is 0.339 e. The van der Waals surface area contributed by atoms with Crippen molar-refractivity contribution < 1.29 is 22.1 Å². The van der Waals surface area contributed by atoms with Gasteiger partial charge >= 0.3 is 10.1 Å². The molecule has 0 fully saturated rings. The fourth-order valence-corrected chi connectivity index (χ4v) is 3.86. The van der Waals surface area contributed by atoms with E-state index in [0.29, 0.717) is 16.9 Å². The first-order valence-corrected chi connectivity index (χ1v) is 11.3. The molecule has 7 nitrogen and oxygen atoms in total. The maximum absolute atomic E-state index is 12.3. The summed E-state index contributed by atoms with van der Waals surface area (Å²) in [5.41, 5.74) is 4.36. The molecule has 31 heavy (non-hydrogen) atoms. The van der Waals surface area contributed by atoms with Crippen molar-refractivity contribution in [3.63, 3.8) is 0 Å². The van der Waals surface area contributed by atoms with Crippen molar-refractivity contribution in [1.82, 2.24) is 5.43 Å². The first-order valence-electron chi connectivity index (χ1n) is 9.06. The number of amides is 1. The van der Waals surface area contributed by atoms with Gasteiger partial charge in [0.05, 0.1) is 18.9 Å². The van der Waals surface area contributed by atoms with Crippen LogP contribution in [0.25, 0.3) is 0 Å². The minimum absolute atomic E-state index is 0.0782. The van der Waals surface area contributed by atoms with Crippen LogP contribution in [0.5, 0.6) is 11.5 Å². The number of carbonyl (C=O) groups is 1. The highest BCUT2D eigenvalue weighted by Crippen LogP contribution is 2.23. The fourth-order valence-electron chi connectivity index (χ4n) is 2.57. The molecule has 0 atom stereocenters. The summed E-state index contributed by atoms with van der Waals surface area (Å²) in [6, 6.07) is 17.7. The highest BCUT2D eigenvalue weighted by atomic mass is 79.9. The Kier molecular flexibility index (Phi) is 7.09. The molecule has 0 aliphatic carbocycles. The molecule has 0 radical (unpaired) electrons. The highest BCUT2D eigenvalue weighted by Gasteiger charge is 2.16. The van der Waals surface area contributed by atoms with E-state index < -0.39 is 16.0 Å². The fraction of sp³-hybridized carbons (Fsp3) is 0.0909. The van der Waals surface area contributed by atoms with Crippen molar-refractivity contribution in [2.45, 2.75) is 11.8 Å². The molecule has 9 heteroatoms. The van der Waals surface area contributed by atoms with Crippen LogP contribution in [0, 0.1) is 6.92 Å². The van der Waals surface area contributed by atoms with Gasteiger partial charge in [-0.2, -0.15) is 13.5 Å². The predicted molar refractivity (Wildman–Crippen MR) is 121 cm³/mol. The molecule has 3 aromatic carbocycles. The first kappa shape index (κ1) is 22.5. The van der Waals surface area contributed by atoms with E-state index in [2.05, 4.69) is 26.5 Å². The van der Waals surface area contributed by atoms with Gasteiger partial charge in [0.1, 0.15) is 16.4 Å². The van der Waals surface area contributed by atoms with E-state index in [-0.39, 0.29) is 10.6 Å². The van der Waals surface area contributed by atoms with Crippen LogP contribution in [0.1, 0.15) is 21.5 Å². The maximum Gasteiger partial charge on any atom is 0.339 e. The zero-order valence-corrected chi connectivity index (χ0v) is 19.1. The zero-order valence-electron chi connectivity index (χ0n) is 16.7. The molecule has 160 valence electrons. The third kappa shape index (κ3) is 5.93. The van der Waals surface area contributed by atoms with Crippen molar-refractivity contribution >= 4 is 38.2 Å². The van der Waals surface area contributed by atoms with Gasteiger partial charge in [-0.15, -0.1) is 0 Å². The van der Waals surface area contributed by atoms with Crippen LogP contribution in [0.4, 0.5) is 0 Å². The van der Waals surface area contributed by atoms with Gasteiger partial charge in [0.2, 0.25) is 0 Å². The number of carbonyl (C=O) groups excluding carboxylic acids is 1. The van der Waals surface area contributed by atoms with E-state index in [1.165, 1.54) is 37.6 Å². The quantitative estimate of drug-likeness (QED) is 0.295. The number of nitrogens with zero attached hydrogens (tertiary/aromatic N) is 1. The Hall–Kier alpha value is -3.17. The average Bonchev–Trinajstić information content (AvgIpc) is 2.75. The van der Waals surface area contributed by atoms with Crippen molar-refractivity contribution in [3.8, 4) is 11.5 Å². The second kappa shape index (κ2) is 9.76. The van der Waals surface area contributed by atoms with Crippen LogP contribution in [-0.2, 0) is 10.1 Å². The number of ether oxygens (including phenoxy) is 1. The number of hydrogen-bond donors (Lipinski definition) is 1. The Morgan fingerprint density at radius 1 is 1.03 bits per heavy atom. The van der Waals surface area contributed by atoms with E-state index >= 15 is 0 Å². The number of methoxy groups -OCH3 is 1. The lowest BCUT2D eigenvalue weighted by atomic mass is 10.2. The number of halogens is 1. The highest BCUT2D eigenvalue weighted by molar-refractivity contribution is 9.10. The number of hydrogen-bond acceptors (Lipinski definition) is 6. The molecule has 0 bridgehead atoms. The largest absolute Gasteiger partial charge is 0.496 e. The molecule has 3 rings (SSSR count). The van der Waals surface area contributed by atoms with Crippen LogP contribution >= 0.6 is 15.9 Å². The molecule has 3 aromatic rings. The Bertz CT molecular complexity index is 1210. The molecule has 0 saturated heterocycles. The van der Waals surface area contributed by atoms with Crippen LogP contribution in [0.3, 0.4) is 0 Å². The van der Waals surface area contributed by atoms with E-state index in [9.17, 15) is 13.2 Å². The average molecular weight is 503 g/mol. The molecule has 0 aromatic heterocycles. The second-order valence-electron chi connectivity index (χ2n) is 6.46. The molecule has 0 unspecified atom stereocenters. The first-order chi connectivity index (χ1) is 14.8. The summed E-state index contributed by atoms with van der Waals surface area (Å²) in [7, 11) is -2.44. The summed E-state index contributed by atoms with van der Waals surface area (Å²) < 4.78 is 35.8. The van der Waals surface area contributed by atoms with Gasteiger partial charge in [-0.1, -0.05) is 33.6 Å². The third-order valence-corrected chi connectivity index (χ3v) is 5.94. The van der Waals surface area contributed by atoms with E-state index in [1.807, 2.05) is 6.92 Å². The lowest BCUT2D eigenvalue weighted by molar-refractivity contribution is 0.0952. The minimum atomic E-state index is -3.92. The van der Waals surface area contributed by atoms with Gasteiger partial charge in [0.25, 0.3) is 5.91 Å². The Balaban J connectivity index is 1.64. The van der Waals surface area contributed by atoms with Gasteiger partial charge in [0.15, 0.2) is 0 Å². The second-order valence-corrected chi connectivity index (χ2v) is 8.93. The predicted octanol–water partition coefficient (Wildman–Crippen LogP) is 4.30. The van der Waals surface area contributed by atoms with E-state index in [4.69, 9.17) is 8.92 Å². The molecular weight excluding hydrogens is 484 g/mol. The molecule has 0 saturated carbocycles. The Morgan fingerprint density at radius 2 is 1.71 bits per heavy atom. The van der Waals surface area contributed by atoms with Crippen LogP contribution in [0.15, 0.2) is 81.2 Å². The standard InChI is InChI=1S/C22H19BrN2O5S/c1-15-3-10-19(11-4-15)31(27,28)30-18-8-5-16(6-9-18)14-24-25-22(26)20-13-17(23)7-12-21(20)29-2/h3-14H,1-2H3,(H,25,26)/b24-14-. The lowest BCUT2D eigenvalue weighted by Gasteiger charge is -2.08. The molecule has 1 amide bonds. The summed E-state index contributed by atoms with van der Waals surface area (Å²) >= 11 is 3.32. The summed E-state index contributed by atoms with van der Waals surface area (Å²) in [5, 5.41) is 3.93. The number of rotatable bonds is 7. The molecule has 0 heterocycles. The van der Waals surface area contributed by atoms with Crippen molar-refractivity contribution in [1.29, 1.82) is 0 Å². The van der Waals surface area contributed by atoms with Crippen molar-refractivity contribution in [3.05, 3.63) is 87.9 Å². The van der Waals surface area contributed by atoms with Gasteiger partial charge in [-0.3, -0.25) is 4.79 Å². The molecular formula is C22H19BrN2O5S. The van der Waals surface area contributed by atoms with Crippen LogP contribution in [-0.4, -0.2) is 27.6 Å². The zero-order chi connectivity index (χ0) is 22.4. The summed E-state index contributed by atoms with van der Waals surface area (Å²) in [5.74, 6) is 0.159. The minimum Gasteiger partial charge on any atom is -0.496 e. The van der Waals surface area contributed by atoms with Gasteiger partial charge in [-0.25, -0.2) is 5.43 Å². The molecule has 0 aliphatic rings. The summed E-state index contributed by atoms with van der Waals surface area (Å²) in [6.45, 7) is 1.87. The topological polar surface area (TPSA) is 94.1 Å². The Labute approximate surface area is 189 Å². The van der Waals surface area contributed by atoms with Crippen LogP contribution < -0.4 is 14.3 Å².